The van der Waals surface area contributed by atoms with Crippen LogP contribution in [0.2, 0.25) is 10.0 Å². The third kappa shape index (κ3) is 5.14. The minimum Gasteiger partial charge on any atom is -0.497 e. The van der Waals surface area contributed by atoms with Gasteiger partial charge in [0.15, 0.2) is 0 Å². The lowest BCUT2D eigenvalue weighted by atomic mass is 9.99. The average Bonchev–Trinajstić information content (AvgIpc) is 3.29. The Labute approximate surface area is 200 Å². The Hall–Kier alpha value is -2.66. The van der Waals surface area contributed by atoms with E-state index in [9.17, 15) is 13.2 Å². The zero-order valence-electron chi connectivity index (χ0n) is 17.5. The standard InChI is InChI=1S/C21H20Cl2N4O5S/c1-31-15-5-7-16(8-6-15)33(29,30)27-10-2-3-13(12-27)19(28)24-21-26-25-20(32-21)17-11-14(22)4-9-18(17)23/h4-9,11,13H,2-3,10,12H2,1H3,(H,24,26,28). The summed E-state index contributed by atoms with van der Waals surface area (Å²) in [5, 5.41) is 11.1. The van der Waals surface area contributed by atoms with Crippen LogP contribution in [-0.2, 0) is 14.8 Å². The molecule has 1 unspecified atom stereocenters. The maximum atomic E-state index is 13.0. The lowest BCUT2D eigenvalue weighted by Crippen LogP contribution is -2.43. The first-order valence-corrected chi connectivity index (χ1v) is 12.2. The summed E-state index contributed by atoms with van der Waals surface area (Å²) in [6.07, 6.45) is 1.07. The molecule has 1 fully saturated rings. The van der Waals surface area contributed by atoms with Crippen molar-refractivity contribution >= 4 is 45.1 Å². The fraction of sp³-hybridized carbons (Fsp3) is 0.286. The van der Waals surface area contributed by atoms with Crippen molar-refractivity contribution in [2.75, 3.05) is 25.5 Å². The molecule has 33 heavy (non-hydrogen) atoms. The second-order valence-corrected chi connectivity index (χ2v) is 10.2. The highest BCUT2D eigenvalue weighted by Gasteiger charge is 2.34. The van der Waals surface area contributed by atoms with E-state index in [1.54, 1.807) is 30.3 Å². The van der Waals surface area contributed by atoms with Crippen molar-refractivity contribution in [3.63, 3.8) is 0 Å². The molecule has 3 aromatic rings. The zero-order valence-corrected chi connectivity index (χ0v) is 19.8. The molecule has 1 aliphatic heterocycles. The minimum atomic E-state index is -3.75. The molecule has 12 heteroatoms. The Kier molecular flexibility index (Phi) is 6.89. The van der Waals surface area contributed by atoms with Gasteiger partial charge in [0.2, 0.25) is 15.9 Å². The Morgan fingerprint density at radius 3 is 2.67 bits per heavy atom. The first kappa shape index (κ1) is 23.5. The number of nitrogens with zero attached hydrogens (tertiary/aromatic N) is 3. The Balaban J connectivity index is 1.45. The number of sulfonamides is 1. The number of hydrogen-bond donors (Lipinski definition) is 1. The molecule has 4 rings (SSSR count). The largest absolute Gasteiger partial charge is 0.497 e. The molecule has 0 saturated carbocycles. The number of hydrogen-bond acceptors (Lipinski definition) is 7. The molecule has 0 spiro atoms. The minimum absolute atomic E-state index is 0.0430. The number of carbonyl (C=O) groups excluding carboxylic acids is 1. The fourth-order valence-corrected chi connectivity index (χ4v) is 5.42. The highest BCUT2D eigenvalue weighted by atomic mass is 35.5. The number of anilines is 1. The van der Waals surface area contributed by atoms with Crippen LogP contribution in [0.3, 0.4) is 0 Å². The third-order valence-electron chi connectivity index (χ3n) is 5.27. The van der Waals surface area contributed by atoms with E-state index >= 15 is 0 Å². The molecular weight excluding hydrogens is 491 g/mol. The number of halogens is 2. The molecule has 2 aromatic carbocycles. The highest BCUT2D eigenvalue weighted by Crippen LogP contribution is 2.31. The highest BCUT2D eigenvalue weighted by molar-refractivity contribution is 7.89. The van der Waals surface area contributed by atoms with Crippen molar-refractivity contribution in [2.45, 2.75) is 17.7 Å². The van der Waals surface area contributed by atoms with Gasteiger partial charge in [0.05, 0.1) is 28.5 Å². The van der Waals surface area contributed by atoms with E-state index in [2.05, 4.69) is 15.5 Å². The maximum Gasteiger partial charge on any atom is 0.322 e. The first-order valence-electron chi connectivity index (χ1n) is 10.0. The molecule has 1 N–H and O–H groups in total. The van der Waals surface area contributed by atoms with Crippen LogP contribution in [-0.4, -0.2) is 49.0 Å². The Morgan fingerprint density at radius 1 is 1.18 bits per heavy atom. The SMILES string of the molecule is COc1ccc(S(=O)(=O)N2CCCC(C(=O)Nc3nnc(-c4cc(Cl)ccc4Cl)o3)C2)cc1. The van der Waals surface area contributed by atoms with Crippen LogP contribution in [0.5, 0.6) is 5.75 Å². The fourth-order valence-electron chi connectivity index (χ4n) is 3.52. The molecule has 174 valence electrons. The van der Waals surface area contributed by atoms with Gasteiger partial charge in [0.1, 0.15) is 5.75 Å². The molecule has 0 radical (unpaired) electrons. The molecule has 2 heterocycles. The number of methoxy groups -OCH3 is 1. The van der Waals surface area contributed by atoms with E-state index in [0.29, 0.717) is 40.7 Å². The second kappa shape index (κ2) is 9.68. The van der Waals surface area contributed by atoms with Gasteiger partial charge in [-0.1, -0.05) is 28.3 Å². The number of nitrogens with one attached hydrogen (secondary N) is 1. The van der Waals surface area contributed by atoms with Crippen molar-refractivity contribution in [1.29, 1.82) is 0 Å². The number of ether oxygens (including phenoxy) is 1. The summed E-state index contributed by atoms with van der Waals surface area (Å²) >= 11 is 12.1. The van der Waals surface area contributed by atoms with Crippen LogP contribution in [0.1, 0.15) is 12.8 Å². The molecule has 9 nitrogen and oxygen atoms in total. The van der Waals surface area contributed by atoms with E-state index in [1.165, 1.54) is 23.5 Å². The van der Waals surface area contributed by atoms with Gasteiger partial charge in [0.25, 0.3) is 5.89 Å². The molecule has 1 saturated heterocycles. The predicted octanol–water partition coefficient (Wildman–Crippen LogP) is 4.09. The first-order chi connectivity index (χ1) is 15.8. The van der Waals surface area contributed by atoms with Crippen molar-refractivity contribution in [2.24, 2.45) is 5.92 Å². The number of benzene rings is 2. The van der Waals surface area contributed by atoms with Gasteiger partial charge in [-0.25, -0.2) is 8.42 Å². The van der Waals surface area contributed by atoms with Gasteiger partial charge >= 0.3 is 6.01 Å². The van der Waals surface area contributed by atoms with Gasteiger partial charge in [-0.2, -0.15) is 4.31 Å². The van der Waals surface area contributed by atoms with Gasteiger partial charge < -0.3 is 9.15 Å². The Morgan fingerprint density at radius 2 is 1.94 bits per heavy atom. The monoisotopic (exact) mass is 510 g/mol. The van der Waals surface area contributed by atoms with E-state index in [1.807, 2.05) is 0 Å². The molecule has 0 aliphatic carbocycles. The van der Waals surface area contributed by atoms with Crippen LogP contribution in [0.15, 0.2) is 51.8 Å². The number of aromatic nitrogens is 2. The van der Waals surface area contributed by atoms with Crippen LogP contribution in [0.4, 0.5) is 6.01 Å². The predicted molar refractivity (Wildman–Crippen MR) is 123 cm³/mol. The molecule has 1 aliphatic rings. The number of carbonyl (C=O) groups is 1. The Bertz CT molecular complexity index is 1260. The summed E-state index contributed by atoms with van der Waals surface area (Å²) in [6, 6.07) is 10.8. The summed E-state index contributed by atoms with van der Waals surface area (Å²) in [5.74, 6) is -0.318. The summed E-state index contributed by atoms with van der Waals surface area (Å²) in [4.78, 5) is 12.9. The summed E-state index contributed by atoms with van der Waals surface area (Å²) in [7, 11) is -2.24. The number of rotatable bonds is 6. The number of piperidine rings is 1. The third-order valence-corrected chi connectivity index (χ3v) is 7.71. The second-order valence-electron chi connectivity index (χ2n) is 7.40. The average molecular weight is 511 g/mol. The van der Waals surface area contributed by atoms with Crippen LogP contribution >= 0.6 is 23.2 Å². The number of amides is 1. The lowest BCUT2D eigenvalue weighted by Gasteiger charge is -2.30. The molecule has 1 atom stereocenters. The van der Waals surface area contributed by atoms with E-state index in [-0.39, 0.29) is 23.3 Å². The van der Waals surface area contributed by atoms with Crippen LogP contribution in [0.25, 0.3) is 11.5 Å². The van der Waals surface area contributed by atoms with Crippen LogP contribution < -0.4 is 10.1 Å². The molecule has 1 amide bonds. The zero-order chi connectivity index (χ0) is 23.6. The molecule has 1 aromatic heterocycles. The van der Waals surface area contributed by atoms with Gasteiger partial charge in [-0.15, -0.1) is 5.10 Å². The van der Waals surface area contributed by atoms with Gasteiger partial charge in [-0.05, 0) is 55.3 Å². The topological polar surface area (TPSA) is 115 Å². The maximum absolute atomic E-state index is 13.0. The van der Waals surface area contributed by atoms with Gasteiger partial charge in [0, 0.05) is 18.1 Å². The summed E-state index contributed by atoms with van der Waals surface area (Å²) in [5.41, 5.74) is 0.437. The smallest absolute Gasteiger partial charge is 0.322 e. The van der Waals surface area contributed by atoms with Crippen molar-refractivity contribution in [3.05, 3.63) is 52.5 Å². The lowest BCUT2D eigenvalue weighted by molar-refractivity contribution is -0.121. The summed E-state index contributed by atoms with van der Waals surface area (Å²) in [6.45, 7) is 0.372. The quantitative estimate of drug-likeness (QED) is 0.530. The van der Waals surface area contributed by atoms with Gasteiger partial charge in [-0.3, -0.25) is 10.1 Å². The van der Waals surface area contributed by atoms with E-state index in [4.69, 9.17) is 32.4 Å². The molecule has 0 bridgehead atoms. The van der Waals surface area contributed by atoms with Crippen molar-refractivity contribution in [3.8, 4) is 17.2 Å². The summed E-state index contributed by atoms with van der Waals surface area (Å²) < 4.78 is 37.9. The van der Waals surface area contributed by atoms with Crippen molar-refractivity contribution in [1.82, 2.24) is 14.5 Å². The normalized spacial score (nSPS) is 17.0. The van der Waals surface area contributed by atoms with Crippen LogP contribution in [0, 0.1) is 5.92 Å². The van der Waals surface area contributed by atoms with E-state index < -0.39 is 21.8 Å². The van der Waals surface area contributed by atoms with E-state index in [0.717, 1.165) is 0 Å². The molecular formula is C21H20Cl2N4O5S. The van der Waals surface area contributed by atoms with Crippen molar-refractivity contribution < 1.29 is 22.4 Å².